The van der Waals surface area contributed by atoms with Crippen LogP contribution in [0, 0.1) is 0 Å². The van der Waals surface area contributed by atoms with Crippen molar-refractivity contribution in [1.29, 1.82) is 0 Å². The highest BCUT2D eigenvalue weighted by Crippen LogP contribution is 2.29. The third-order valence-corrected chi connectivity index (χ3v) is 6.67. The summed E-state index contributed by atoms with van der Waals surface area (Å²) in [6, 6.07) is 9.61. The zero-order valence-electron chi connectivity index (χ0n) is 11.0. The molecule has 1 fully saturated rings. The molecule has 1 saturated heterocycles. The van der Waals surface area contributed by atoms with Gasteiger partial charge in [0.1, 0.15) is 0 Å². The van der Waals surface area contributed by atoms with Gasteiger partial charge in [-0.2, -0.15) is 4.31 Å². The fourth-order valence-corrected chi connectivity index (χ4v) is 5.07. The van der Waals surface area contributed by atoms with Crippen LogP contribution in [0.3, 0.4) is 0 Å². The van der Waals surface area contributed by atoms with Crippen molar-refractivity contribution in [3.05, 3.63) is 46.6 Å². The van der Waals surface area contributed by atoms with Crippen LogP contribution in [0.15, 0.2) is 40.7 Å². The average Bonchev–Trinajstić information content (AvgIpc) is 2.96. The number of aromatic nitrogens is 1. The Bertz CT molecular complexity index is 718. The van der Waals surface area contributed by atoms with Gasteiger partial charge in [0.05, 0.1) is 18.9 Å². The maximum atomic E-state index is 12.6. The molecule has 21 heavy (non-hydrogen) atoms. The number of morpholine rings is 1. The molecule has 1 aromatic heterocycles. The van der Waals surface area contributed by atoms with Crippen molar-refractivity contribution in [2.24, 2.45) is 0 Å². The summed E-state index contributed by atoms with van der Waals surface area (Å²) in [5, 5.41) is 0. The zero-order chi connectivity index (χ0) is 14.9. The van der Waals surface area contributed by atoms with E-state index in [0.29, 0.717) is 19.7 Å². The summed E-state index contributed by atoms with van der Waals surface area (Å²) >= 11 is 6.70. The number of nitrogens with zero attached hydrogens (tertiary/aromatic N) is 2. The number of ether oxygens (including phenoxy) is 1. The standard InChI is InChI=1S/C13H13ClN2O3S2/c14-13-15-8-12(20-13)21(17,18)16-6-7-19-11(9-16)10-4-2-1-3-5-10/h1-5,8,11H,6-7,9H2. The number of hydrogen-bond acceptors (Lipinski definition) is 5. The Morgan fingerprint density at radius 2 is 2.10 bits per heavy atom. The van der Waals surface area contributed by atoms with Gasteiger partial charge in [0, 0.05) is 13.1 Å². The quantitative estimate of drug-likeness (QED) is 0.858. The predicted molar refractivity (Wildman–Crippen MR) is 81.0 cm³/mol. The van der Waals surface area contributed by atoms with Crippen molar-refractivity contribution >= 4 is 33.0 Å². The third-order valence-electron chi connectivity index (χ3n) is 3.25. The molecule has 0 spiro atoms. The molecule has 1 aliphatic rings. The Kier molecular flexibility index (Phi) is 4.28. The molecule has 0 amide bonds. The van der Waals surface area contributed by atoms with Gasteiger partial charge in [0.15, 0.2) is 8.68 Å². The molecule has 1 aromatic carbocycles. The van der Waals surface area contributed by atoms with Gasteiger partial charge in [0.25, 0.3) is 10.0 Å². The summed E-state index contributed by atoms with van der Waals surface area (Å²) in [5.74, 6) is 0. The summed E-state index contributed by atoms with van der Waals surface area (Å²) in [4.78, 5) is 3.80. The highest BCUT2D eigenvalue weighted by Gasteiger charge is 2.32. The molecule has 8 heteroatoms. The van der Waals surface area contributed by atoms with E-state index >= 15 is 0 Å². The molecule has 0 N–H and O–H groups in total. The van der Waals surface area contributed by atoms with E-state index in [1.54, 1.807) is 0 Å². The Hall–Kier alpha value is -0.990. The largest absolute Gasteiger partial charge is 0.371 e. The minimum atomic E-state index is -3.56. The molecule has 1 atom stereocenters. The van der Waals surface area contributed by atoms with Crippen molar-refractivity contribution in [2.45, 2.75) is 10.3 Å². The van der Waals surface area contributed by atoms with Crippen molar-refractivity contribution in [3.63, 3.8) is 0 Å². The molecule has 1 unspecified atom stereocenters. The van der Waals surface area contributed by atoms with E-state index in [0.717, 1.165) is 16.9 Å². The van der Waals surface area contributed by atoms with Crippen LogP contribution >= 0.6 is 22.9 Å². The lowest BCUT2D eigenvalue weighted by molar-refractivity contribution is -0.00250. The number of sulfonamides is 1. The summed E-state index contributed by atoms with van der Waals surface area (Å²) < 4.78 is 32.6. The van der Waals surface area contributed by atoms with Gasteiger partial charge in [-0.15, -0.1) is 0 Å². The molecule has 3 rings (SSSR count). The molecule has 0 saturated carbocycles. The first-order chi connectivity index (χ1) is 10.1. The summed E-state index contributed by atoms with van der Waals surface area (Å²) in [7, 11) is -3.56. The van der Waals surface area contributed by atoms with E-state index < -0.39 is 10.0 Å². The van der Waals surface area contributed by atoms with Gasteiger partial charge in [-0.05, 0) is 5.56 Å². The van der Waals surface area contributed by atoms with Gasteiger partial charge in [-0.3, -0.25) is 0 Å². The van der Waals surface area contributed by atoms with E-state index in [1.165, 1.54) is 10.5 Å². The van der Waals surface area contributed by atoms with Gasteiger partial charge >= 0.3 is 0 Å². The van der Waals surface area contributed by atoms with Gasteiger partial charge < -0.3 is 4.74 Å². The number of benzene rings is 1. The summed E-state index contributed by atoms with van der Waals surface area (Å²) in [6.45, 7) is 0.994. The van der Waals surface area contributed by atoms with E-state index in [1.807, 2.05) is 30.3 Å². The van der Waals surface area contributed by atoms with Crippen molar-refractivity contribution in [1.82, 2.24) is 9.29 Å². The van der Waals surface area contributed by atoms with Gasteiger partial charge in [-0.1, -0.05) is 53.3 Å². The lowest BCUT2D eigenvalue weighted by atomic mass is 10.1. The lowest BCUT2D eigenvalue weighted by Crippen LogP contribution is -2.41. The molecule has 2 aromatic rings. The molecule has 0 radical (unpaired) electrons. The Morgan fingerprint density at radius 1 is 1.33 bits per heavy atom. The highest BCUT2D eigenvalue weighted by atomic mass is 35.5. The zero-order valence-corrected chi connectivity index (χ0v) is 13.4. The van der Waals surface area contributed by atoms with Crippen LogP contribution < -0.4 is 0 Å². The summed E-state index contributed by atoms with van der Waals surface area (Å²) in [5.41, 5.74) is 0.972. The van der Waals surface area contributed by atoms with Crippen LogP contribution in [0.5, 0.6) is 0 Å². The van der Waals surface area contributed by atoms with E-state index in [9.17, 15) is 8.42 Å². The smallest absolute Gasteiger partial charge is 0.254 e. The Labute approximate surface area is 132 Å². The summed E-state index contributed by atoms with van der Waals surface area (Å²) in [6.07, 6.45) is 1.05. The molecule has 5 nitrogen and oxygen atoms in total. The maximum Gasteiger partial charge on any atom is 0.254 e. The first-order valence-electron chi connectivity index (χ1n) is 6.35. The first kappa shape index (κ1) is 14.9. The van der Waals surface area contributed by atoms with Crippen LogP contribution in [0.1, 0.15) is 11.7 Å². The molecular formula is C13H13ClN2O3S2. The SMILES string of the molecule is O=S(=O)(c1cnc(Cl)s1)N1CCOC(c2ccccc2)C1. The van der Waals surface area contributed by atoms with Gasteiger partial charge in [0.2, 0.25) is 0 Å². The van der Waals surface area contributed by atoms with Crippen molar-refractivity contribution < 1.29 is 13.2 Å². The molecule has 1 aliphatic heterocycles. The third kappa shape index (κ3) is 3.12. The Balaban J connectivity index is 1.83. The maximum absolute atomic E-state index is 12.6. The van der Waals surface area contributed by atoms with Crippen LogP contribution in [0.2, 0.25) is 4.47 Å². The molecule has 112 valence electrons. The number of hydrogen-bond donors (Lipinski definition) is 0. The van der Waals surface area contributed by atoms with E-state index in [4.69, 9.17) is 16.3 Å². The van der Waals surface area contributed by atoms with Crippen molar-refractivity contribution in [2.75, 3.05) is 19.7 Å². The fourth-order valence-electron chi connectivity index (χ4n) is 2.20. The van der Waals surface area contributed by atoms with Crippen LogP contribution in [0.4, 0.5) is 0 Å². The number of rotatable bonds is 3. The van der Waals surface area contributed by atoms with E-state index in [2.05, 4.69) is 4.98 Å². The molecular weight excluding hydrogens is 332 g/mol. The molecule has 0 bridgehead atoms. The monoisotopic (exact) mass is 344 g/mol. The van der Waals surface area contributed by atoms with E-state index in [-0.39, 0.29) is 14.8 Å². The molecule has 0 aliphatic carbocycles. The number of thiazole rings is 1. The minimum absolute atomic E-state index is 0.168. The van der Waals surface area contributed by atoms with Crippen LogP contribution in [-0.2, 0) is 14.8 Å². The lowest BCUT2D eigenvalue weighted by Gasteiger charge is -2.31. The Morgan fingerprint density at radius 3 is 2.76 bits per heavy atom. The van der Waals surface area contributed by atoms with Crippen molar-refractivity contribution in [3.8, 4) is 0 Å². The van der Waals surface area contributed by atoms with Crippen LogP contribution in [-0.4, -0.2) is 37.4 Å². The highest BCUT2D eigenvalue weighted by molar-refractivity contribution is 7.91. The average molecular weight is 345 g/mol. The number of halogens is 1. The normalized spacial score (nSPS) is 20.5. The topological polar surface area (TPSA) is 59.5 Å². The molecule has 2 heterocycles. The van der Waals surface area contributed by atoms with Gasteiger partial charge in [-0.25, -0.2) is 13.4 Å². The first-order valence-corrected chi connectivity index (χ1v) is 8.99. The minimum Gasteiger partial charge on any atom is -0.371 e. The second kappa shape index (κ2) is 6.02. The second-order valence-electron chi connectivity index (χ2n) is 4.57. The van der Waals surface area contributed by atoms with Crippen LogP contribution in [0.25, 0.3) is 0 Å². The second-order valence-corrected chi connectivity index (χ2v) is 8.34. The predicted octanol–water partition coefficient (Wildman–Crippen LogP) is 2.56. The fraction of sp³-hybridized carbons (Fsp3) is 0.308.